The fourth-order valence-corrected chi connectivity index (χ4v) is 3.29. The lowest BCUT2D eigenvalue weighted by molar-refractivity contribution is -0.138. The molecule has 2 N–H and O–H groups in total. The molecule has 0 amide bonds. The molecule has 0 aliphatic carbocycles. The van der Waals surface area contributed by atoms with Gasteiger partial charge in [-0.3, -0.25) is 0 Å². The van der Waals surface area contributed by atoms with Gasteiger partial charge in [0.05, 0.1) is 12.1 Å². The summed E-state index contributed by atoms with van der Waals surface area (Å²) in [5.41, 5.74) is -1.03. The molecule has 0 radical (unpaired) electrons. The number of alkyl halides is 3. The second-order valence-electron chi connectivity index (χ2n) is 7.27. The van der Waals surface area contributed by atoms with Crippen LogP contribution in [-0.2, 0) is 12.7 Å². The summed E-state index contributed by atoms with van der Waals surface area (Å²) in [5, 5.41) is 6.21. The molecule has 0 saturated carbocycles. The molecular weight excluding hydrogens is 386 g/mol. The first-order valence-corrected chi connectivity index (χ1v) is 10.1. The summed E-state index contributed by atoms with van der Waals surface area (Å²) >= 11 is 0. The van der Waals surface area contributed by atoms with Gasteiger partial charge in [-0.25, -0.2) is 9.38 Å². The molecule has 0 bridgehead atoms. The maximum Gasteiger partial charge on any atom is 0.416 e. The molecule has 2 rings (SSSR count). The van der Waals surface area contributed by atoms with Crippen LogP contribution in [0.15, 0.2) is 23.2 Å². The lowest BCUT2D eigenvalue weighted by Crippen LogP contribution is -2.39. The van der Waals surface area contributed by atoms with E-state index >= 15 is 0 Å². The highest BCUT2D eigenvalue weighted by Crippen LogP contribution is 2.32. The van der Waals surface area contributed by atoms with Crippen LogP contribution < -0.4 is 10.6 Å². The highest BCUT2D eigenvalue weighted by atomic mass is 19.4. The molecule has 29 heavy (non-hydrogen) atoms. The third-order valence-electron chi connectivity index (χ3n) is 4.88. The number of aliphatic imine (C=N–C) groups is 1. The molecule has 1 aromatic rings. The molecule has 1 heterocycles. The molecule has 1 aromatic carbocycles. The maximum absolute atomic E-state index is 13.2. The van der Waals surface area contributed by atoms with Crippen molar-refractivity contribution in [2.75, 3.05) is 52.9 Å². The molecule has 1 aliphatic rings. The van der Waals surface area contributed by atoms with E-state index in [4.69, 9.17) is 0 Å². The third-order valence-corrected chi connectivity index (χ3v) is 4.88. The Kier molecular flexibility index (Phi) is 9.16. The van der Waals surface area contributed by atoms with Gasteiger partial charge in [0.2, 0.25) is 0 Å². The molecule has 5 nitrogen and oxygen atoms in total. The van der Waals surface area contributed by atoms with Gasteiger partial charge < -0.3 is 20.4 Å². The van der Waals surface area contributed by atoms with Gasteiger partial charge >= 0.3 is 6.18 Å². The average Bonchev–Trinajstić information content (AvgIpc) is 2.87. The molecule has 1 fully saturated rings. The summed E-state index contributed by atoms with van der Waals surface area (Å²) in [6.07, 6.45) is -2.54. The third kappa shape index (κ3) is 8.18. The Morgan fingerprint density at radius 1 is 1.14 bits per heavy atom. The van der Waals surface area contributed by atoms with Gasteiger partial charge in [-0.2, -0.15) is 13.2 Å². The van der Waals surface area contributed by atoms with Crippen LogP contribution in [0.3, 0.4) is 0 Å². The smallest absolute Gasteiger partial charge is 0.357 e. The lowest BCUT2D eigenvalue weighted by Gasteiger charge is -2.20. The average molecular weight is 417 g/mol. The quantitative estimate of drug-likeness (QED) is 0.310. The predicted octanol–water partition coefficient (Wildman–Crippen LogP) is 2.93. The van der Waals surface area contributed by atoms with Crippen LogP contribution in [0.1, 0.15) is 30.9 Å². The Hall–Kier alpha value is -1.87. The van der Waals surface area contributed by atoms with Crippen molar-refractivity contribution in [3.8, 4) is 0 Å². The summed E-state index contributed by atoms with van der Waals surface area (Å²) < 4.78 is 52.6. The Morgan fingerprint density at radius 2 is 1.93 bits per heavy atom. The number of nitrogens with one attached hydrogen (secondary N) is 2. The highest BCUT2D eigenvalue weighted by Gasteiger charge is 2.33. The fourth-order valence-electron chi connectivity index (χ4n) is 3.29. The van der Waals surface area contributed by atoms with Gasteiger partial charge in [-0.15, -0.1) is 0 Å². The van der Waals surface area contributed by atoms with E-state index in [9.17, 15) is 17.6 Å². The fraction of sp³-hybridized carbons (Fsp3) is 0.650. The van der Waals surface area contributed by atoms with Crippen LogP contribution in [0, 0.1) is 5.82 Å². The minimum Gasteiger partial charge on any atom is -0.357 e. The Balaban J connectivity index is 1.88. The molecule has 9 heteroatoms. The minimum absolute atomic E-state index is 0.0511. The van der Waals surface area contributed by atoms with Gasteiger partial charge in [0, 0.05) is 26.2 Å². The molecule has 0 spiro atoms. The Bertz CT molecular complexity index is 663. The molecule has 0 atom stereocenters. The van der Waals surface area contributed by atoms with E-state index in [1.165, 1.54) is 0 Å². The van der Waals surface area contributed by atoms with Gasteiger partial charge in [0.25, 0.3) is 0 Å². The van der Waals surface area contributed by atoms with Gasteiger partial charge in [-0.1, -0.05) is 6.07 Å². The van der Waals surface area contributed by atoms with Crippen LogP contribution in [-0.4, -0.2) is 68.6 Å². The van der Waals surface area contributed by atoms with E-state index in [0.29, 0.717) is 25.1 Å². The molecule has 0 unspecified atom stereocenters. The van der Waals surface area contributed by atoms with Crippen LogP contribution in [0.5, 0.6) is 0 Å². The molecule has 0 aromatic heterocycles. The topological polar surface area (TPSA) is 42.9 Å². The number of rotatable bonds is 7. The number of guanidine groups is 1. The van der Waals surface area contributed by atoms with Crippen molar-refractivity contribution in [2.45, 2.75) is 32.5 Å². The highest BCUT2D eigenvalue weighted by molar-refractivity contribution is 5.79. The summed E-state index contributed by atoms with van der Waals surface area (Å²) in [5.74, 6) is -0.449. The molecule has 164 valence electrons. The van der Waals surface area contributed by atoms with Crippen molar-refractivity contribution < 1.29 is 17.6 Å². The first-order valence-electron chi connectivity index (χ1n) is 10.1. The van der Waals surface area contributed by atoms with Crippen molar-refractivity contribution in [3.63, 3.8) is 0 Å². The van der Waals surface area contributed by atoms with Crippen molar-refractivity contribution >= 4 is 5.96 Å². The van der Waals surface area contributed by atoms with E-state index in [1.807, 2.05) is 6.92 Å². The zero-order chi connectivity index (χ0) is 21.3. The van der Waals surface area contributed by atoms with E-state index < -0.39 is 17.6 Å². The number of hydrogen-bond acceptors (Lipinski definition) is 3. The van der Waals surface area contributed by atoms with Gasteiger partial charge in [0.15, 0.2) is 5.96 Å². The van der Waals surface area contributed by atoms with Crippen molar-refractivity contribution in [1.82, 2.24) is 20.4 Å². The first kappa shape index (κ1) is 23.4. The summed E-state index contributed by atoms with van der Waals surface area (Å²) in [4.78, 5) is 9.01. The zero-order valence-electron chi connectivity index (χ0n) is 17.2. The number of likely N-dealkylation sites (N-methyl/N-ethyl adjacent to an activating group) is 1. The number of halogens is 4. The maximum atomic E-state index is 13.2. The van der Waals surface area contributed by atoms with Gasteiger partial charge in [-0.05, 0) is 64.1 Å². The lowest BCUT2D eigenvalue weighted by atomic mass is 10.1. The number of hydrogen-bond donors (Lipinski definition) is 2. The van der Waals surface area contributed by atoms with Crippen molar-refractivity contribution in [3.05, 3.63) is 35.1 Å². The minimum atomic E-state index is -4.61. The Morgan fingerprint density at radius 3 is 2.66 bits per heavy atom. The SMILES string of the molecule is CCNC(=NCc1ccc(F)cc1C(F)(F)F)NCCCN1CCCN(C)CC1. The number of nitrogens with zero attached hydrogens (tertiary/aromatic N) is 3. The first-order chi connectivity index (χ1) is 13.8. The normalized spacial score (nSPS) is 17.2. The largest absolute Gasteiger partial charge is 0.416 e. The van der Waals surface area contributed by atoms with E-state index in [2.05, 4.69) is 32.5 Å². The molecule has 1 aliphatic heterocycles. The Labute approximate surface area is 170 Å². The van der Waals surface area contributed by atoms with Crippen LogP contribution >= 0.6 is 0 Å². The summed E-state index contributed by atoms with van der Waals surface area (Å²) in [7, 11) is 2.13. The van der Waals surface area contributed by atoms with E-state index in [1.54, 1.807) is 0 Å². The summed E-state index contributed by atoms with van der Waals surface area (Å²) in [6.45, 7) is 8.28. The predicted molar refractivity (Wildman–Crippen MR) is 107 cm³/mol. The van der Waals surface area contributed by atoms with Crippen molar-refractivity contribution in [1.29, 1.82) is 0 Å². The number of benzene rings is 1. The van der Waals surface area contributed by atoms with Crippen LogP contribution in [0.4, 0.5) is 17.6 Å². The molecular formula is C20H31F4N5. The second-order valence-corrected chi connectivity index (χ2v) is 7.27. The van der Waals surface area contributed by atoms with E-state index in [0.717, 1.165) is 57.7 Å². The van der Waals surface area contributed by atoms with Crippen LogP contribution in [0.2, 0.25) is 0 Å². The van der Waals surface area contributed by atoms with Crippen LogP contribution in [0.25, 0.3) is 0 Å². The standard InChI is InChI=1S/C20H31F4N5/c1-3-25-19(26-8-4-10-29-11-5-9-28(2)12-13-29)27-15-16-6-7-17(21)14-18(16)20(22,23)24/h6-7,14H,3-5,8-13,15H2,1-2H3,(H2,25,26,27). The summed E-state index contributed by atoms with van der Waals surface area (Å²) in [6, 6.07) is 2.68. The van der Waals surface area contributed by atoms with Crippen molar-refractivity contribution in [2.24, 2.45) is 4.99 Å². The van der Waals surface area contributed by atoms with Gasteiger partial charge in [0.1, 0.15) is 5.82 Å². The monoisotopic (exact) mass is 417 g/mol. The second kappa shape index (κ2) is 11.3. The van der Waals surface area contributed by atoms with E-state index in [-0.39, 0.29) is 12.1 Å². The zero-order valence-corrected chi connectivity index (χ0v) is 17.2. The molecule has 1 saturated heterocycles.